The van der Waals surface area contributed by atoms with Crippen molar-refractivity contribution in [2.75, 3.05) is 0 Å². The normalized spacial score (nSPS) is 13.9. The van der Waals surface area contributed by atoms with Crippen molar-refractivity contribution in [1.29, 1.82) is 0 Å². The van der Waals surface area contributed by atoms with Gasteiger partial charge in [0.1, 0.15) is 5.60 Å². The Morgan fingerprint density at radius 1 is 1.20 bits per heavy atom. The van der Waals surface area contributed by atoms with Gasteiger partial charge in [0.2, 0.25) is 0 Å². The summed E-state index contributed by atoms with van der Waals surface area (Å²) in [6.45, 7) is 4.36. The van der Waals surface area contributed by atoms with Crippen LogP contribution in [0, 0.1) is 0 Å². The van der Waals surface area contributed by atoms with Crippen LogP contribution in [0.2, 0.25) is 0 Å². The van der Waals surface area contributed by atoms with E-state index in [1.807, 2.05) is 6.07 Å². The Bertz CT molecular complexity index is 1320. The van der Waals surface area contributed by atoms with Gasteiger partial charge in [-0.3, -0.25) is 14.5 Å². The number of unbranched alkanes of at least 4 members (excludes halogenated alkanes) is 1. The summed E-state index contributed by atoms with van der Waals surface area (Å²) in [6.07, 6.45) is 8.50. The highest BCUT2D eigenvalue weighted by Gasteiger charge is 2.25. The first-order valence-electron chi connectivity index (χ1n) is 12.1. The van der Waals surface area contributed by atoms with Crippen molar-refractivity contribution in [3.05, 3.63) is 65.0 Å². The van der Waals surface area contributed by atoms with Crippen LogP contribution in [0.25, 0.3) is 11.0 Å². The number of rotatable bonds is 10. The largest absolute Gasteiger partial charge is 0.384 e. The van der Waals surface area contributed by atoms with Crippen molar-refractivity contribution >= 4 is 16.9 Å². The van der Waals surface area contributed by atoms with Gasteiger partial charge < -0.3 is 15.4 Å². The number of hydrogen-bond donors (Lipinski definition) is 3. The number of nitrogens with zero attached hydrogens (tertiary/aromatic N) is 6. The SMILES string of the molecule is CC(C)(O)c1ccc(CNC(=O)c2cn(CCCCc3cc4cc(C5CC5)[nH]c4nn3)nn2)cn1. The summed E-state index contributed by atoms with van der Waals surface area (Å²) in [5.74, 6) is 0.383. The van der Waals surface area contributed by atoms with Gasteiger partial charge in [-0.25, -0.2) is 0 Å². The Hall–Kier alpha value is -3.66. The minimum absolute atomic E-state index is 0.279. The Morgan fingerprint density at radius 3 is 2.80 bits per heavy atom. The number of carbonyl (C=O) groups is 1. The molecule has 4 aromatic heterocycles. The quantitative estimate of drug-likeness (QED) is 0.301. The number of aliphatic hydroxyl groups is 1. The number of nitrogens with one attached hydrogen (secondary N) is 2. The summed E-state index contributed by atoms with van der Waals surface area (Å²) in [5.41, 5.74) is 3.83. The van der Waals surface area contributed by atoms with Crippen LogP contribution in [-0.4, -0.2) is 46.2 Å². The Balaban J connectivity index is 1.06. The molecule has 1 aliphatic rings. The fourth-order valence-electron chi connectivity index (χ4n) is 3.99. The molecule has 0 spiro atoms. The zero-order chi connectivity index (χ0) is 24.4. The zero-order valence-corrected chi connectivity index (χ0v) is 20.0. The molecule has 4 heterocycles. The summed E-state index contributed by atoms with van der Waals surface area (Å²) in [5, 5.41) is 30.7. The lowest BCUT2D eigenvalue weighted by atomic mass is 10.0. The molecule has 1 aliphatic carbocycles. The van der Waals surface area contributed by atoms with Crippen LogP contribution in [0.4, 0.5) is 0 Å². The second kappa shape index (κ2) is 9.53. The van der Waals surface area contributed by atoms with Crippen LogP contribution in [0.1, 0.15) is 78.6 Å². The summed E-state index contributed by atoms with van der Waals surface area (Å²) < 4.78 is 1.69. The molecule has 0 unspecified atom stereocenters. The van der Waals surface area contributed by atoms with Gasteiger partial charge in [-0.15, -0.1) is 10.2 Å². The fraction of sp³-hybridized carbons (Fsp3) is 0.440. The molecular formula is C25H30N8O2. The van der Waals surface area contributed by atoms with E-state index in [0.717, 1.165) is 41.6 Å². The van der Waals surface area contributed by atoms with E-state index in [2.05, 4.69) is 47.9 Å². The smallest absolute Gasteiger partial charge is 0.273 e. The number of aromatic nitrogens is 7. The monoisotopic (exact) mass is 474 g/mol. The van der Waals surface area contributed by atoms with Crippen molar-refractivity contribution in [3.8, 4) is 0 Å². The number of pyridine rings is 1. The lowest BCUT2D eigenvalue weighted by Gasteiger charge is -2.16. The molecule has 1 amide bonds. The van der Waals surface area contributed by atoms with E-state index in [-0.39, 0.29) is 11.6 Å². The van der Waals surface area contributed by atoms with E-state index < -0.39 is 5.60 Å². The molecule has 1 saturated carbocycles. The predicted octanol–water partition coefficient (Wildman–Crippen LogP) is 3.00. The van der Waals surface area contributed by atoms with Gasteiger partial charge in [-0.1, -0.05) is 11.3 Å². The molecule has 10 nitrogen and oxygen atoms in total. The Labute approximate surface area is 203 Å². The molecule has 182 valence electrons. The van der Waals surface area contributed by atoms with Gasteiger partial charge in [0.25, 0.3) is 5.91 Å². The summed E-state index contributed by atoms with van der Waals surface area (Å²) in [7, 11) is 0. The molecule has 1 fully saturated rings. The number of H-pyrrole nitrogens is 1. The molecule has 3 N–H and O–H groups in total. The third kappa shape index (κ3) is 5.71. The number of fused-ring (bicyclic) bond motifs is 1. The van der Waals surface area contributed by atoms with Crippen molar-refractivity contribution in [1.82, 2.24) is 40.5 Å². The van der Waals surface area contributed by atoms with Crippen molar-refractivity contribution in [3.63, 3.8) is 0 Å². The van der Waals surface area contributed by atoms with Gasteiger partial charge in [0, 0.05) is 30.4 Å². The summed E-state index contributed by atoms with van der Waals surface area (Å²) >= 11 is 0. The highest BCUT2D eigenvalue weighted by Crippen LogP contribution is 2.40. The zero-order valence-electron chi connectivity index (χ0n) is 20.0. The third-order valence-corrected chi connectivity index (χ3v) is 6.21. The first-order chi connectivity index (χ1) is 16.8. The lowest BCUT2D eigenvalue weighted by molar-refractivity contribution is 0.0737. The van der Waals surface area contributed by atoms with Gasteiger partial charge in [0.15, 0.2) is 11.3 Å². The van der Waals surface area contributed by atoms with E-state index in [0.29, 0.717) is 24.7 Å². The van der Waals surface area contributed by atoms with Crippen molar-refractivity contribution < 1.29 is 9.90 Å². The maximum absolute atomic E-state index is 12.4. The molecule has 0 saturated heterocycles. The minimum Gasteiger partial charge on any atom is -0.384 e. The average molecular weight is 475 g/mol. The van der Waals surface area contributed by atoms with E-state index in [1.165, 1.54) is 18.5 Å². The van der Waals surface area contributed by atoms with E-state index in [9.17, 15) is 9.90 Å². The highest BCUT2D eigenvalue weighted by molar-refractivity contribution is 5.91. The molecule has 35 heavy (non-hydrogen) atoms. The lowest BCUT2D eigenvalue weighted by Crippen LogP contribution is -2.23. The summed E-state index contributed by atoms with van der Waals surface area (Å²) in [6, 6.07) is 7.91. The maximum Gasteiger partial charge on any atom is 0.273 e. The van der Waals surface area contributed by atoms with Crippen LogP contribution in [-0.2, 0) is 25.1 Å². The first-order valence-corrected chi connectivity index (χ1v) is 12.1. The number of carbonyl (C=O) groups excluding carboxylic acids is 1. The first kappa shape index (κ1) is 23.1. The number of aromatic amines is 1. The Morgan fingerprint density at radius 2 is 2.06 bits per heavy atom. The van der Waals surface area contributed by atoms with Crippen LogP contribution in [0.3, 0.4) is 0 Å². The highest BCUT2D eigenvalue weighted by atomic mass is 16.3. The average Bonchev–Trinajstić information content (AvgIpc) is 3.43. The molecule has 0 aromatic carbocycles. The number of aryl methyl sites for hydroxylation is 2. The summed E-state index contributed by atoms with van der Waals surface area (Å²) in [4.78, 5) is 20.0. The molecule has 10 heteroatoms. The van der Waals surface area contributed by atoms with Gasteiger partial charge >= 0.3 is 0 Å². The van der Waals surface area contributed by atoms with Gasteiger partial charge in [-0.05, 0) is 75.6 Å². The minimum atomic E-state index is -0.997. The molecular weight excluding hydrogens is 444 g/mol. The van der Waals surface area contributed by atoms with E-state index in [4.69, 9.17) is 0 Å². The predicted molar refractivity (Wildman–Crippen MR) is 129 cm³/mol. The standard InChI is InChI=1S/C25H30N8O2/c1-25(2,35)22-9-6-16(13-26-22)14-27-24(34)21-15-33(32-30-21)10-4-3-5-19-11-18-12-20(17-7-8-17)28-23(18)31-29-19/h6,9,11-13,15,17,35H,3-5,7-8,10,14H2,1-2H3,(H,27,34)(H,28,31). The number of hydrogen-bond acceptors (Lipinski definition) is 7. The van der Waals surface area contributed by atoms with Gasteiger partial charge in [0.05, 0.1) is 17.6 Å². The molecule has 0 radical (unpaired) electrons. The Kier molecular flexibility index (Phi) is 6.29. The molecule has 0 bridgehead atoms. The number of amides is 1. The van der Waals surface area contributed by atoms with Crippen molar-refractivity contribution in [2.24, 2.45) is 0 Å². The second-order valence-corrected chi connectivity index (χ2v) is 9.76. The third-order valence-electron chi connectivity index (χ3n) is 6.21. The maximum atomic E-state index is 12.4. The van der Waals surface area contributed by atoms with Crippen LogP contribution >= 0.6 is 0 Å². The van der Waals surface area contributed by atoms with E-state index in [1.54, 1.807) is 37.0 Å². The van der Waals surface area contributed by atoms with Crippen LogP contribution in [0.5, 0.6) is 0 Å². The van der Waals surface area contributed by atoms with E-state index >= 15 is 0 Å². The molecule has 4 aromatic rings. The van der Waals surface area contributed by atoms with Gasteiger partial charge in [-0.2, -0.15) is 5.10 Å². The molecule has 0 aliphatic heterocycles. The molecule has 5 rings (SSSR count). The van der Waals surface area contributed by atoms with Crippen LogP contribution in [0.15, 0.2) is 36.7 Å². The van der Waals surface area contributed by atoms with Crippen LogP contribution < -0.4 is 5.32 Å². The second-order valence-electron chi connectivity index (χ2n) is 9.76. The fourth-order valence-corrected chi connectivity index (χ4v) is 3.99. The molecule has 0 atom stereocenters. The topological polar surface area (TPSA) is 134 Å². The van der Waals surface area contributed by atoms with Crippen molar-refractivity contribution in [2.45, 2.75) is 70.6 Å².